The van der Waals surface area contributed by atoms with Gasteiger partial charge in [0.25, 0.3) is 0 Å². The number of methoxy groups -OCH3 is 1. The van der Waals surface area contributed by atoms with Crippen LogP contribution in [0.1, 0.15) is 11.3 Å². The quantitative estimate of drug-likeness (QED) is 0.360. The lowest BCUT2D eigenvalue weighted by atomic mass is 9.99. The highest BCUT2D eigenvalue weighted by Gasteiger charge is 2.24. The van der Waals surface area contributed by atoms with Crippen molar-refractivity contribution in [2.45, 2.75) is 13.1 Å². The number of benzene rings is 2. The van der Waals surface area contributed by atoms with Crippen LogP contribution in [0.5, 0.6) is 11.5 Å². The summed E-state index contributed by atoms with van der Waals surface area (Å²) in [5.74, 6) is 1.10. The summed E-state index contributed by atoms with van der Waals surface area (Å²) in [5.41, 5.74) is 1.98. The number of aromatic nitrogens is 1. The molecule has 0 saturated carbocycles. The molecule has 0 aliphatic carbocycles. The maximum atomic E-state index is 13.0. The van der Waals surface area contributed by atoms with Gasteiger partial charge in [0.15, 0.2) is 11.3 Å². The van der Waals surface area contributed by atoms with Gasteiger partial charge in [0.2, 0.25) is 0 Å². The van der Waals surface area contributed by atoms with Gasteiger partial charge < -0.3 is 18.3 Å². The van der Waals surface area contributed by atoms with Crippen molar-refractivity contribution in [3.8, 4) is 22.6 Å². The van der Waals surface area contributed by atoms with Crippen molar-refractivity contribution in [1.29, 1.82) is 0 Å². The van der Waals surface area contributed by atoms with Crippen molar-refractivity contribution in [3.63, 3.8) is 0 Å². The summed E-state index contributed by atoms with van der Waals surface area (Å²) in [5, 5.41) is 1.31. The van der Waals surface area contributed by atoms with Gasteiger partial charge in [-0.1, -0.05) is 18.2 Å². The summed E-state index contributed by atoms with van der Waals surface area (Å²) in [6.45, 7) is 1.46. The Morgan fingerprint density at radius 1 is 0.971 bits per heavy atom. The fourth-order valence-corrected chi connectivity index (χ4v) is 4.49. The smallest absolute Gasteiger partial charge is 0.344 e. The van der Waals surface area contributed by atoms with Crippen molar-refractivity contribution in [3.05, 3.63) is 99.0 Å². The minimum absolute atomic E-state index is 0.269. The lowest BCUT2D eigenvalue weighted by Crippen LogP contribution is -2.32. The molecule has 35 heavy (non-hydrogen) atoms. The summed E-state index contributed by atoms with van der Waals surface area (Å²) in [7, 11) is 1.51. The van der Waals surface area contributed by atoms with Crippen LogP contribution in [-0.4, -0.2) is 23.7 Å². The molecule has 8 heteroatoms. The van der Waals surface area contributed by atoms with Crippen LogP contribution in [0.2, 0.25) is 0 Å². The van der Waals surface area contributed by atoms with Crippen LogP contribution in [0.3, 0.4) is 0 Å². The molecule has 1 aliphatic heterocycles. The predicted molar refractivity (Wildman–Crippen MR) is 129 cm³/mol. The Hall–Kier alpha value is -4.43. The van der Waals surface area contributed by atoms with E-state index in [-0.39, 0.29) is 5.56 Å². The van der Waals surface area contributed by atoms with Crippen LogP contribution in [0.25, 0.3) is 33.1 Å². The van der Waals surface area contributed by atoms with Crippen molar-refractivity contribution in [1.82, 2.24) is 9.88 Å². The van der Waals surface area contributed by atoms with E-state index in [0.29, 0.717) is 58.8 Å². The number of hydrogen-bond donors (Lipinski definition) is 0. The van der Waals surface area contributed by atoms with Gasteiger partial charge in [0.05, 0.1) is 23.9 Å². The Morgan fingerprint density at radius 3 is 2.71 bits per heavy atom. The monoisotopic (exact) mass is 468 g/mol. The number of hydrogen-bond acceptors (Lipinski definition) is 8. The molecule has 0 bridgehead atoms. The van der Waals surface area contributed by atoms with Gasteiger partial charge in [-0.25, -0.2) is 9.59 Å². The van der Waals surface area contributed by atoms with Crippen molar-refractivity contribution >= 4 is 21.9 Å². The maximum absolute atomic E-state index is 13.0. The zero-order valence-corrected chi connectivity index (χ0v) is 18.8. The molecule has 0 amide bonds. The Morgan fingerprint density at radius 2 is 1.89 bits per heavy atom. The second kappa shape index (κ2) is 8.41. The van der Waals surface area contributed by atoms with Crippen LogP contribution in [0.4, 0.5) is 0 Å². The Bertz CT molecular complexity index is 1690. The first-order valence-corrected chi connectivity index (χ1v) is 11.1. The molecular formula is C27H20N2O6. The van der Waals surface area contributed by atoms with E-state index >= 15 is 0 Å². The van der Waals surface area contributed by atoms with Gasteiger partial charge in [-0.15, -0.1) is 0 Å². The van der Waals surface area contributed by atoms with E-state index in [2.05, 4.69) is 9.88 Å². The Kier molecular flexibility index (Phi) is 5.08. The molecule has 3 aromatic heterocycles. The summed E-state index contributed by atoms with van der Waals surface area (Å²) in [4.78, 5) is 32.1. The number of nitrogens with zero attached hydrogens (tertiary/aromatic N) is 2. The maximum Gasteiger partial charge on any atom is 0.344 e. The van der Waals surface area contributed by atoms with Crippen molar-refractivity contribution in [2.75, 3.05) is 13.8 Å². The fourth-order valence-electron chi connectivity index (χ4n) is 4.49. The molecule has 174 valence electrons. The lowest BCUT2D eigenvalue weighted by Gasteiger charge is -2.29. The number of ether oxygens (including phenoxy) is 2. The van der Waals surface area contributed by atoms with Crippen molar-refractivity contribution in [2.24, 2.45) is 0 Å². The van der Waals surface area contributed by atoms with Crippen LogP contribution in [-0.2, 0) is 13.1 Å². The summed E-state index contributed by atoms with van der Waals surface area (Å²) in [6, 6.07) is 17.8. The predicted octanol–water partition coefficient (Wildman–Crippen LogP) is 4.32. The normalized spacial score (nSPS) is 13.5. The number of rotatable bonds is 4. The minimum Gasteiger partial charge on any atom is -0.493 e. The van der Waals surface area contributed by atoms with Crippen molar-refractivity contribution < 1.29 is 18.3 Å². The average Bonchev–Trinajstić information content (AvgIpc) is 2.88. The third-order valence-electron chi connectivity index (χ3n) is 6.10. The second-order valence-corrected chi connectivity index (χ2v) is 8.31. The van der Waals surface area contributed by atoms with Gasteiger partial charge in [-0.2, -0.15) is 0 Å². The Labute approximate surface area is 199 Å². The fraction of sp³-hybridized carbons (Fsp3) is 0.148. The van der Waals surface area contributed by atoms with E-state index in [4.69, 9.17) is 18.3 Å². The third-order valence-corrected chi connectivity index (χ3v) is 6.10. The molecule has 6 rings (SSSR count). The largest absolute Gasteiger partial charge is 0.493 e. The van der Waals surface area contributed by atoms with E-state index in [1.807, 2.05) is 36.4 Å². The van der Waals surface area contributed by atoms with Gasteiger partial charge in [-0.05, 0) is 36.4 Å². The number of fused-ring (bicyclic) bond motifs is 4. The highest BCUT2D eigenvalue weighted by Crippen LogP contribution is 2.36. The SMILES string of the molecule is COc1cccc2cc(-c3cc(=O)oc4c5c(ccc34)OCN(Cc3ccccn3)C5)c(=O)oc12. The molecule has 5 aromatic rings. The van der Waals surface area contributed by atoms with Crippen LogP contribution in [0.15, 0.2) is 85.3 Å². The third kappa shape index (κ3) is 3.74. The Balaban J connectivity index is 1.49. The molecule has 0 N–H and O–H groups in total. The first-order chi connectivity index (χ1) is 17.1. The van der Waals surface area contributed by atoms with Gasteiger partial charge in [0.1, 0.15) is 18.1 Å². The second-order valence-electron chi connectivity index (χ2n) is 8.31. The van der Waals surface area contributed by atoms with E-state index in [9.17, 15) is 9.59 Å². The molecule has 0 saturated heterocycles. The minimum atomic E-state index is -0.570. The lowest BCUT2D eigenvalue weighted by molar-refractivity contribution is 0.0878. The molecule has 8 nitrogen and oxygen atoms in total. The summed E-state index contributed by atoms with van der Waals surface area (Å²) >= 11 is 0. The zero-order valence-electron chi connectivity index (χ0n) is 18.8. The highest BCUT2D eigenvalue weighted by molar-refractivity contribution is 5.97. The molecule has 0 radical (unpaired) electrons. The summed E-state index contributed by atoms with van der Waals surface area (Å²) in [6.07, 6.45) is 1.75. The number of para-hydroxylation sites is 1. The van der Waals surface area contributed by atoms with Gasteiger partial charge >= 0.3 is 11.3 Å². The molecule has 1 aliphatic rings. The van der Waals surface area contributed by atoms with Crippen LogP contribution < -0.4 is 20.7 Å². The molecule has 0 unspecified atom stereocenters. The molecular weight excluding hydrogens is 448 g/mol. The van der Waals surface area contributed by atoms with E-state index in [1.165, 1.54) is 13.2 Å². The van der Waals surface area contributed by atoms with E-state index in [1.54, 1.807) is 24.4 Å². The topological polar surface area (TPSA) is 95.0 Å². The number of pyridine rings is 1. The molecule has 2 aromatic carbocycles. The highest BCUT2D eigenvalue weighted by atomic mass is 16.5. The van der Waals surface area contributed by atoms with Gasteiger partial charge in [-0.3, -0.25) is 9.88 Å². The first-order valence-electron chi connectivity index (χ1n) is 11.1. The molecule has 0 atom stereocenters. The first kappa shape index (κ1) is 21.1. The molecule has 4 heterocycles. The van der Waals surface area contributed by atoms with Crippen LogP contribution in [0, 0.1) is 0 Å². The van der Waals surface area contributed by atoms with Gasteiger partial charge in [0, 0.05) is 41.7 Å². The van der Waals surface area contributed by atoms with Crippen LogP contribution >= 0.6 is 0 Å². The van der Waals surface area contributed by atoms with E-state index < -0.39 is 11.3 Å². The molecule has 0 spiro atoms. The molecule has 0 fully saturated rings. The zero-order chi connectivity index (χ0) is 23.9. The van der Waals surface area contributed by atoms with E-state index in [0.717, 1.165) is 11.3 Å². The summed E-state index contributed by atoms with van der Waals surface area (Å²) < 4.78 is 22.5. The average molecular weight is 468 g/mol. The standard InChI is InChI=1S/C27H20N2O6/c1-32-23-7-4-5-16-11-20(27(31)35-25(16)23)19-12-24(30)34-26-18(19)8-9-22-21(26)14-29(15-33-22)13-17-6-2-3-10-28-17/h2-12H,13-15H2,1H3.